The Morgan fingerprint density at radius 2 is 2.57 bits per heavy atom. The zero-order chi connectivity index (χ0) is 9.97. The van der Waals surface area contributed by atoms with Crippen molar-refractivity contribution in [2.75, 3.05) is 20.3 Å². The van der Waals surface area contributed by atoms with Crippen molar-refractivity contribution in [3.05, 3.63) is 10.8 Å². The molecule has 1 fully saturated rings. The third-order valence-corrected chi connectivity index (χ3v) is 3.16. The van der Waals surface area contributed by atoms with Crippen molar-refractivity contribution in [2.45, 2.75) is 18.9 Å². The van der Waals surface area contributed by atoms with Crippen LogP contribution in [-0.4, -0.2) is 30.1 Å². The molecule has 0 amide bonds. The first kappa shape index (κ1) is 9.98. The minimum atomic E-state index is 0.335. The predicted octanol–water partition coefficient (Wildman–Crippen LogP) is 2.01. The molecule has 0 aromatic carbocycles. The van der Waals surface area contributed by atoms with Crippen LogP contribution < -0.4 is 4.74 Å². The Bertz CT molecular complexity index is 308. The van der Waals surface area contributed by atoms with Crippen molar-refractivity contribution >= 4 is 15.9 Å². The summed E-state index contributed by atoms with van der Waals surface area (Å²) in [5.41, 5.74) is 0. The third-order valence-electron chi connectivity index (χ3n) is 2.41. The molecular weight excluding hydrogens is 248 g/mol. The van der Waals surface area contributed by atoms with Gasteiger partial charge in [0.15, 0.2) is 5.75 Å². The van der Waals surface area contributed by atoms with Gasteiger partial charge in [-0.15, -0.1) is 0 Å². The summed E-state index contributed by atoms with van der Waals surface area (Å²) in [5, 5.41) is 4.28. The predicted molar refractivity (Wildman–Crippen MR) is 55.6 cm³/mol. The van der Waals surface area contributed by atoms with Gasteiger partial charge in [0.05, 0.1) is 26.0 Å². The summed E-state index contributed by atoms with van der Waals surface area (Å²) in [6.07, 6.45) is 3.93. The highest BCUT2D eigenvalue weighted by molar-refractivity contribution is 9.10. The molecular formula is C9H13BrN2O2. The monoisotopic (exact) mass is 260 g/mol. The van der Waals surface area contributed by atoms with Gasteiger partial charge >= 0.3 is 0 Å². The Morgan fingerprint density at radius 3 is 3.14 bits per heavy atom. The van der Waals surface area contributed by atoms with Crippen LogP contribution in [0.5, 0.6) is 5.75 Å². The maximum Gasteiger partial charge on any atom is 0.171 e. The van der Waals surface area contributed by atoms with Gasteiger partial charge in [-0.2, -0.15) is 5.10 Å². The number of hydrogen-bond acceptors (Lipinski definition) is 3. The van der Waals surface area contributed by atoms with E-state index >= 15 is 0 Å². The molecule has 2 heterocycles. The molecule has 1 aromatic heterocycles. The molecule has 2 rings (SSSR count). The lowest BCUT2D eigenvalue weighted by molar-refractivity contribution is 0.0540. The molecule has 0 N–H and O–H groups in total. The van der Waals surface area contributed by atoms with E-state index in [4.69, 9.17) is 9.47 Å². The van der Waals surface area contributed by atoms with Gasteiger partial charge in [-0.1, -0.05) is 0 Å². The standard InChI is InChI=1S/C9H13BrN2O2/c1-13-8-5-11-12(9(8)10)7-3-2-4-14-6-7/h5,7H,2-4,6H2,1H3. The second-order valence-corrected chi connectivity index (χ2v) is 4.07. The molecule has 5 heteroatoms. The van der Waals surface area contributed by atoms with Gasteiger partial charge in [-0.05, 0) is 28.8 Å². The number of aromatic nitrogens is 2. The van der Waals surface area contributed by atoms with Crippen LogP contribution in [0.15, 0.2) is 10.8 Å². The van der Waals surface area contributed by atoms with E-state index in [1.807, 2.05) is 4.68 Å². The summed E-state index contributed by atoms with van der Waals surface area (Å²) < 4.78 is 13.4. The molecule has 1 saturated heterocycles. The van der Waals surface area contributed by atoms with Crippen LogP contribution in [0, 0.1) is 0 Å². The number of hydrogen-bond donors (Lipinski definition) is 0. The molecule has 1 aromatic rings. The summed E-state index contributed by atoms with van der Waals surface area (Å²) in [7, 11) is 1.64. The normalized spacial score (nSPS) is 22.3. The van der Waals surface area contributed by atoms with Gasteiger partial charge in [0.25, 0.3) is 0 Å². The minimum Gasteiger partial charge on any atom is -0.492 e. The van der Waals surface area contributed by atoms with Crippen molar-refractivity contribution in [3.63, 3.8) is 0 Å². The lowest BCUT2D eigenvalue weighted by Gasteiger charge is -2.22. The molecule has 1 aliphatic rings. The van der Waals surface area contributed by atoms with E-state index in [9.17, 15) is 0 Å². The Kier molecular flexibility index (Phi) is 3.08. The molecule has 0 aliphatic carbocycles. The van der Waals surface area contributed by atoms with Gasteiger partial charge in [0.2, 0.25) is 0 Å². The first-order valence-corrected chi connectivity index (χ1v) is 5.47. The maximum atomic E-state index is 5.41. The van der Waals surface area contributed by atoms with Gasteiger partial charge in [-0.25, -0.2) is 4.68 Å². The van der Waals surface area contributed by atoms with Crippen molar-refractivity contribution in [1.29, 1.82) is 0 Å². The average Bonchev–Trinajstić information content (AvgIpc) is 2.61. The van der Waals surface area contributed by atoms with Gasteiger partial charge in [0, 0.05) is 6.61 Å². The van der Waals surface area contributed by atoms with E-state index < -0.39 is 0 Å². The number of rotatable bonds is 2. The Balaban J connectivity index is 2.18. The van der Waals surface area contributed by atoms with E-state index in [1.165, 1.54) is 0 Å². The first-order valence-electron chi connectivity index (χ1n) is 4.67. The summed E-state index contributed by atoms with van der Waals surface area (Å²) in [6.45, 7) is 1.61. The highest BCUT2D eigenvalue weighted by Crippen LogP contribution is 2.29. The molecule has 0 radical (unpaired) electrons. The molecule has 0 spiro atoms. The smallest absolute Gasteiger partial charge is 0.171 e. The number of nitrogens with zero attached hydrogens (tertiary/aromatic N) is 2. The summed E-state index contributed by atoms with van der Waals surface area (Å²) in [5.74, 6) is 0.774. The Labute approximate surface area is 91.3 Å². The number of methoxy groups -OCH3 is 1. The fourth-order valence-electron chi connectivity index (χ4n) is 1.64. The third kappa shape index (κ3) is 1.79. The van der Waals surface area contributed by atoms with Gasteiger partial charge in [-0.3, -0.25) is 0 Å². The lowest BCUT2D eigenvalue weighted by Crippen LogP contribution is -2.22. The van der Waals surface area contributed by atoms with E-state index in [0.29, 0.717) is 6.04 Å². The SMILES string of the molecule is COc1cnn(C2CCCOC2)c1Br. The van der Waals surface area contributed by atoms with Crippen molar-refractivity contribution < 1.29 is 9.47 Å². The minimum absolute atomic E-state index is 0.335. The highest BCUT2D eigenvalue weighted by Gasteiger charge is 2.20. The van der Waals surface area contributed by atoms with Gasteiger partial charge in [0.1, 0.15) is 4.60 Å². The summed E-state index contributed by atoms with van der Waals surface area (Å²) >= 11 is 3.47. The average molecular weight is 261 g/mol. The Morgan fingerprint density at radius 1 is 1.71 bits per heavy atom. The van der Waals surface area contributed by atoms with Crippen LogP contribution in [0.1, 0.15) is 18.9 Å². The fraction of sp³-hybridized carbons (Fsp3) is 0.667. The first-order chi connectivity index (χ1) is 6.83. The van der Waals surface area contributed by atoms with E-state index in [-0.39, 0.29) is 0 Å². The zero-order valence-electron chi connectivity index (χ0n) is 8.07. The van der Waals surface area contributed by atoms with Crippen LogP contribution in [0.4, 0.5) is 0 Å². The van der Waals surface area contributed by atoms with Gasteiger partial charge < -0.3 is 9.47 Å². The topological polar surface area (TPSA) is 36.3 Å². The molecule has 4 nitrogen and oxygen atoms in total. The van der Waals surface area contributed by atoms with Crippen LogP contribution in [0.25, 0.3) is 0 Å². The van der Waals surface area contributed by atoms with Crippen LogP contribution in [0.3, 0.4) is 0 Å². The lowest BCUT2D eigenvalue weighted by atomic mass is 10.1. The quantitative estimate of drug-likeness (QED) is 0.817. The fourth-order valence-corrected chi connectivity index (χ4v) is 2.28. The van der Waals surface area contributed by atoms with Crippen molar-refractivity contribution in [1.82, 2.24) is 9.78 Å². The number of halogens is 1. The van der Waals surface area contributed by atoms with Crippen LogP contribution in [0.2, 0.25) is 0 Å². The summed E-state index contributed by atoms with van der Waals surface area (Å²) in [6, 6.07) is 0.335. The molecule has 1 atom stereocenters. The molecule has 0 saturated carbocycles. The second kappa shape index (κ2) is 4.31. The second-order valence-electron chi connectivity index (χ2n) is 3.32. The van der Waals surface area contributed by atoms with E-state index in [0.717, 1.165) is 36.4 Å². The van der Waals surface area contributed by atoms with Crippen molar-refractivity contribution in [2.24, 2.45) is 0 Å². The van der Waals surface area contributed by atoms with Crippen LogP contribution in [-0.2, 0) is 4.74 Å². The van der Waals surface area contributed by atoms with Crippen molar-refractivity contribution in [3.8, 4) is 5.75 Å². The maximum absolute atomic E-state index is 5.41. The van der Waals surface area contributed by atoms with E-state index in [2.05, 4.69) is 21.0 Å². The van der Waals surface area contributed by atoms with Crippen LogP contribution >= 0.6 is 15.9 Å². The molecule has 1 unspecified atom stereocenters. The Hall–Kier alpha value is -0.550. The van der Waals surface area contributed by atoms with E-state index in [1.54, 1.807) is 13.3 Å². The molecule has 1 aliphatic heterocycles. The highest BCUT2D eigenvalue weighted by atomic mass is 79.9. The zero-order valence-corrected chi connectivity index (χ0v) is 9.66. The molecule has 78 valence electrons. The largest absolute Gasteiger partial charge is 0.492 e. The molecule has 14 heavy (non-hydrogen) atoms. The molecule has 0 bridgehead atoms. The number of ether oxygens (including phenoxy) is 2. The summed E-state index contributed by atoms with van der Waals surface area (Å²) in [4.78, 5) is 0.